The van der Waals surface area contributed by atoms with Gasteiger partial charge in [0.15, 0.2) is 0 Å². The van der Waals surface area contributed by atoms with Crippen LogP contribution in [0.4, 0.5) is 8.78 Å². The molecule has 0 atom stereocenters. The van der Waals surface area contributed by atoms with Gasteiger partial charge in [0, 0.05) is 24.8 Å². The number of hydrogen-bond donors (Lipinski definition) is 0. The van der Waals surface area contributed by atoms with Crippen LogP contribution in [0.3, 0.4) is 0 Å². The molecule has 0 aromatic carbocycles. The summed E-state index contributed by atoms with van der Waals surface area (Å²) in [6, 6.07) is 0. The zero-order chi connectivity index (χ0) is 10.6. The summed E-state index contributed by atoms with van der Waals surface area (Å²) >= 11 is 0. The van der Waals surface area contributed by atoms with E-state index >= 15 is 0 Å². The van der Waals surface area contributed by atoms with Gasteiger partial charge < -0.3 is 0 Å². The van der Waals surface area contributed by atoms with Crippen LogP contribution in [0.25, 0.3) is 0 Å². The highest BCUT2D eigenvalue weighted by atomic mass is 19.3. The Morgan fingerprint density at radius 1 is 1.50 bits per heavy atom. The number of amides is 1. The molecular formula is C9H13F2NO2. The van der Waals surface area contributed by atoms with Crippen molar-refractivity contribution >= 4 is 5.91 Å². The van der Waals surface area contributed by atoms with Crippen LogP contribution >= 0.6 is 0 Å². The van der Waals surface area contributed by atoms with Crippen molar-refractivity contribution in [2.75, 3.05) is 14.2 Å². The molecule has 0 N–H and O–H groups in total. The highest BCUT2D eigenvalue weighted by molar-refractivity contribution is 5.79. The number of alkyl halides is 2. The summed E-state index contributed by atoms with van der Waals surface area (Å²) in [7, 11) is 2.89. The Balaban J connectivity index is 1.87. The summed E-state index contributed by atoms with van der Waals surface area (Å²) in [4.78, 5) is 16.1. The lowest BCUT2D eigenvalue weighted by Crippen LogP contribution is -2.42. The van der Waals surface area contributed by atoms with Gasteiger partial charge in [0.25, 0.3) is 5.92 Å². The first-order chi connectivity index (χ1) is 6.42. The third-order valence-corrected chi connectivity index (χ3v) is 3.42. The molecule has 0 radical (unpaired) electrons. The summed E-state index contributed by atoms with van der Waals surface area (Å²) in [6.45, 7) is 0. The van der Waals surface area contributed by atoms with E-state index in [4.69, 9.17) is 4.84 Å². The molecule has 3 nitrogen and oxygen atoms in total. The fourth-order valence-electron chi connectivity index (χ4n) is 2.23. The molecule has 0 heterocycles. The smallest absolute Gasteiger partial charge is 0.254 e. The molecule has 2 saturated carbocycles. The van der Waals surface area contributed by atoms with Crippen molar-refractivity contribution in [1.29, 1.82) is 0 Å². The van der Waals surface area contributed by atoms with Crippen molar-refractivity contribution in [2.45, 2.75) is 25.2 Å². The molecule has 2 rings (SSSR count). The van der Waals surface area contributed by atoms with E-state index < -0.39 is 11.3 Å². The third kappa shape index (κ3) is 1.15. The lowest BCUT2D eigenvalue weighted by molar-refractivity contribution is -0.180. The number of carbonyl (C=O) groups is 1. The van der Waals surface area contributed by atoms with Gasteiger partial charge in [-0.05, 0) is 12.8 Å². The molecule has 0 aliphatic heterocycles. The number of nitrogens with zero attached hydrogens (tertiary/aromatic N) is 1. The highest BCUT2D eigenvalue weighted by Gasteiger charge is 2.76. The maximum absolute atomic E-state index is 12.8. The van der Waals surface area contributed by atoms with Gasteiger partial charge >= 0.3 is 0 Å². The van der Waals surface area contributed by atoms with Crippen molar-refractivity contribution in [3.05, 3.63) is 0 Å². The quantitative estimate of drug-likeness (QED) is 0.638. The lowest BCUT2D eigenvalue weighted by Gasteiger charge is -2.36. The maximum Gasteiger partial charge on any atom is 0.254 e. The molecule has 80 valence electrons. The average molecular weight is 205 g/mol. The fraction of sp³-hybridized carbons (Fsp3) is 0.889. The van der Waals surface area contributed by atoms with Crippen LogP contribution in [0.2, 0.25) is 0 Å². The van der Waals surface area contributed by atoms with Crippen LogP contribution in [-0.4, -0.2) is 31.1 Å². The first kappa shape index (κ1) is 9.83. The van der Waals surface area contributed by atoms with Crippen LogP contribution < -0.4 is 0 Å². The largest absolute Gasteiger partial charge is 0.275 e. The second-order valence-corrected chi connectivity index (χ2v) is 4.29. The SMILES string of the molecule is CON(C)C(=O)C1CC2(C1)CC2(F)F. The molecule has 0 aromatic heterocycles. The molecule has 1 spiro atoms. The Hall–Kier alpha value is -0.710. The minimum atomic E-state index is -2.52. The van der Waals surface area contributed by atoms with Gasteiger partial charge in [0.2, 0.25) is 5.91 Å². The van der Waals surface area contributed by atoms with Gasteiger partial charge in [-0.1, -0.05) is 0 Å². The minimum absolute atomic E-state index is 0.0412. The van der Waals surface area contributed by atoms with Crippen molar-refractivity contribution in [3.63, 3.8) is 0 Å². The van der Waals surface area contributed by atoms with Crippen molar-refractivity contribution < 1.29 is 18.4 Å². The van der Waals surface area contributed by atoms with E-state index in [9.17, 15) is 13.6 Å². The van der Waals surface area contributed by atoms with E-state index in [1.807, 2.05) is 0 Å². The number of halogens is 2. The van der Waals surface area contributed by atoms with Crippen molar-refractivity contribution in [1.82, 2.24) is 5.06 Å². The Bertz CT molecular complexity index is 274. The lowest BCUT2D eigenvalue weighted by atomic mass is 9.71. The summed E-state index contributed by atoms with van der Waals surface area (Å²) in [5.74, 6) is -2.98. The fourth-order valence-corrected chi connectivity index (χ4v) is 2.23. The van der Waals surface area contributed by atoms with Crippen LogP contribution in [0.1, 0.15) is 19.3 Å². The van der Waals surface area contributed by atoms with E-state index in [2.05, 4.69) is 0 Å². The van der Waals surface area contributed by atoms with E-state index in [-0.39, 0.29) is 18.2 Å². The van der Waals surface area contributed by atoms with E-state index in [1.165, 1.54) is 14.2 Å². The molecule has 0 saturated heterocycles. The summed E-state index contributed by atoms with van der Waals surface area (Å²) in [5, 5.41) is 1.11. The normalized spacial score (nSPS) is 37.9. The van der Waals surface area contributed by atoms with Gasteiger partial charge in [-0.2, -0.15) is 0 Å². The number of hydrogen-bond acceptors (Lipinski definition) is 2. The van der Waals surface area contributed by atoms with Crippen LogP contribution in [-0.2, 0) is 9.63 Å². The summed E-state index contributed by atoms with van der Waals surface area (Å²) in [5.41, 5.74) is -0.831. The molecule has 5 heteroatoms. The zero-order valence-corrected chi connectivity index (χ0v) is 8.22. The third-order valence-electron chi connectivity index (χ3n) is 3.42. The topological polar surface area (TPSA) is 29.5 Å². The standard InChI is InChI=1S/C9H13F2NO2/c1-12(14-2)7(13)6-3-8(4-6)5-9(8,10)11/h6H,3-5H2,1-2H3. The number of hydroxylamine groups is 2. The van der Waals surface area contributed by atoms with Gasteiger partial charge in [-0.15, -0.1) is 0 Å². The van der Waals surface area contributed by atoms with E-state index in [0.717, 1.165) is 5.06 Å². The van der Waals surface area contributed by atoms with Crippen LogP contribution in [0.15, 0.2) is 0 Å². The Morgan fingerprint density at radius 2 is 2.00 bits per heavy atom. The average Bonchev–Trinajstić information content (AvgIpc) is 2.64. The van der Waals surface area contributed by atoms with Crippen molar-refractivity contribution in [3.8, 4) is 0 Å². The first-order valence-corrected chi connectivity index (χ1v) is 4.61. The molecule has 14 heavy (non-hydrogen) atoms. The second-order valence-electron chi connectivity index (χ2n) is 4.29. The maximum atomic E-state index is 12.8. The molecule has 1 amide bonds. The van der Waals surface area contributed by atoms with Crippen LogP contribution in [0, 0.1) is 11.3 Å². The molecule has 2 aliphatic carbocycles. The van der Waals surface area contributed by atoms with Gasteiger partial charge in [-0.25, -0.2) is 13.8 Å². The summed E-state index contributed by atoms with van der Waals surface area (Å²) in [6.07, 6.45) is 0.583. The molecule has 0 unspecified atom stereocenters. The predicted molar refractivity (Wildman–Crippen MR) is 44.5 cm³/mol. The van der Waals surface area contributed by atoms with E-state index in [0.29, 0.717) is 12.8 Å². The first-order valence-electron chi connectivity index (χ1n) is 4.61. The Kier molecular flexibility index (Phi) is 1.86. The van der Waals surface area contributed by atoms with E-state index in [1.54, 1.807) is 0 Å². The number of carbonyl (C=O) groups excluding carboxylic acids is 1. The Morgan fingerprint density at radius 3 is 2.36 bits per heavy atom. The number of rotatable bonds is 2. The molecule has 2 fully saturated rings. The molecule has 0 bridgehead atoms. The Labute approximate surface area is 81.0 Å². The monoisotopic (exact) mass is 205 g/mol. The van der Waals surface area contributed by atoms with Crippen LogP contribution in [0.5, 0.6) is 0 Å². The molecule has 2 aliphatic rings. The zero-order valence-electron chi connectivity index (χ0n) is 8.22. The van der Waals surface area contributed by atoms with Gasteiger partial charge in [0.05, 0.1) is 7.11 Å². The predicted octanol–water partition coefficient (Wildman–Crippen LogP) is 1.44. The van der Waals surface area contributed by atoms with Gasteiger partial charge in [0.1, 0.15) is 0 Å². The highest BCUT2D eigenvalue weighted by Crippen LogP contribution is 2.72. The summed E-state index contributed by atoms with van der Waals surface area (Å²) < 4.78 is 25.6. The second kappa shape index (κ2) is 2.66. The van der Waals surface area contributed by atoms with Crippen molar-refractivity contribution in [2.24, 2.45) is 11.3 Å². The molecule has 0 aromatic rings. The minimum Gasteiger partial charge on any atom is -0.275 e. The van der Waals surface area contributed by atoms with Gasteiger partial charge in [-0.3, -0.25) is 9.63 Å². The molecular weight excluding hydrogens is 192 g/mol.